The van der Waals surface area contributed by atoms with Crippen molar-refractivity contribution in [2.24, 2.45) is 0 Å². The van der Waals surface area contributed by atoms with Gasteiger partial charge in [-0.1, -0.05) is 5.16 Å². The van der Waals surface area contributed by atoms with Gasteiger partial charge >= 0.3 is 0 Å². The molecule has 0 saturated heterocycles. The van der Waals surface area contributed by atoms with E-state index in [4.69, 9.17) is 14.0 Å². The number of halogens is 1. The minimum absolute atomic E-state index is 0.193. The first-order valence-corrected chi connectivity index (χ1v) is 7.62. The Morgan fingerprint density at radius 3 is 2.59 bits per heavy atom. The van der Waals surface area contributed by atoms with Crippen molar-refractivity contribution in [2.75, 3.05) is 20.8 Å². The van der Waals surface area contributed by atoms with E-state index in [2.05, 4.69) is 38.0 Å². The number of aromatic nitrogens is 2. The Kier molecular flexibility index (Phi) is 5.58. The lowest BCUT2D eigenvalue weighted by Gasteiger charge is -2.11. The van der Waals surface area contributed by atoms with Crippen LogP contribution >= 0.6 is 22.6 Å². The van der Waals surface area contributed by atoms with E-state index >= 15 is 0 Å². The molecule has 22 heavy (non-hydrogen) atoms. The van der Waals surface area contributed by atoms with Crippen LogP contribution < -0.4 is 14.8 Å². The van der Waals surface area contributed by atoms with Crippen LogP contribution in [-0.2, 0) is 6.42 Å². The molecule has 0 bridgehead atoms. The average Bonchev–Trinajstić information content (AvgIpc) is 2.92. The molecule has 118 valence electrons. The number of hydrogen-bond donors (Lipinski definition) is 1. The number of amides is 1. The Balaban J connectivity index is 2.02. The van der Waals surface area contributed by atoms with Crippen molar-refractivity contribution in [1.82, 2.24) is 15.5 Å². The normalized spacial score (nSPS) is 10.4. The number of methoxy groups -OCH3 is 2. The Hall–Kier alpha value is -1.84. The Morgan fingerprint density at radius 1 is 1.32 bits per heavy atom. The summed E-state index contributed by atoms with van der Waals surface area (Å²) in [7, 11) is 3.09. The molecular formula is C14H16IN3O4. The fraction of sp³-hybridized carbons (Fsp3) is 0.357. The fourth-order valence-electron chi connectivity index (χ4n) is 1.85. The lowest BCUT2D eigenvalue weighted by molar-refractivity contribution is 0.0952. The van der Waals surface area contributed by atoms with Gasteiger partial charge in [0.15, 0.2) is 17.3 Å². The second-order valence-electron chi connectivity index (χ2n) is 4.43. The monoisotopic (exact) mass is 417 g/mol. The zero-order chi connectivity index (χ0) is 16.1. The molecule has 0 aliphatic carbocycles. The van der Waals surface area contributed by atoms with E-state index in [1.54, 1.807) is 26.2 Å². The van der Waals surface area contributed by atoms with Crippen LogP contribution in [0.4, 0.5) is 0 Å². The SMILES string of the molecule is COc1cc(I)c(C(=O)NCCc2nc(C)no2)cc1OC. The average molecular weight is 417 g/mol. The highest BCUT2D eigenvalue weighted by molar-refractivity contribution is 14.1. The standard InChI is InChI=1S/C14H16IN3O4/c1-8-17-13(22-18-8)4-5-16-14(19)9-6-11(20-2)12(21-3)7-10(9)15/h6-7H,4-5H2,1-3H3,(H,16,19). The Morgan fingerprint density at radius 2 is 2.00 bits per heavy atom. The summed E-state index contributed by atoms with van der Waals surface area (Å²) in [6.45, 7) is 2.16. The predicted molar refractivity (Wildman–Crippen MR) is 87.3 cm³/mol. The summed E-state index contributed by atoms with van der Waals surface area (Å²) in [6, 6.07) is 3.42. The first kappa shape index (κ1) is 16.5. The van der Waals surface area contributed by atoms with Crippen molar-refractivity contribution in [1.29, 1.82) is 0 Å². The zero-order valence-electron chi connectivity index (χ0n) is 12.5. The van der Waals surface area contributed by atoms with Crippen molar-refractivity contribution in [2.45, 2.75) is 13.3 Å². The van der Waals surface area contributed by atoms with Gasteiger partial charge < -0.3 is 19.3 Å². The number of ether oxygens (including phenoxy) is 2. The minimum Gasteiger partial charge on any atom is -0.493 e. The summed E-state index contributed by atoms with van der Waals surface area (Å²) in [6.07, 6.45) is 0.483. The van der Waals surface area contributed by atoms with Crippen LogP contribution in [0.3, 0.4) is 0 Å². The summed E-state index contributed by atoms with van der Waals surface area (Å²) in [5.74, 6) is 1.99. The van der Waals surface area contributed by atoms with E-state index in [9.17, 15) is 4.79 Å². The van der Waals surface area contributed by atoms with Gasteiger partial charge in [-0.3, -0.25) is 4.79 Å². The molecule has 0 radical (unpaired) electrons. The highest BCUT2D eigenvalue weighted by Gasteiger charge is 2.15. The fourth-order valence-corrected chi connectivity index (χ4v) is 2.53. The highest BCUT2D eigenvalue weighted by atomic mass is 127. The number of hydrogen-bond acceptors (Lipinski definition) is 6. The molecule has 8 heteroatoms. The third-order valence-corrected chi connectivity index (χ3v) is 3.80. The molecule has 0 spiro atoms. The molecule has 7 nitrogen and oxygen atoms in total. The molecule has 1 amide bonds. The van der Waals surface area contributed by atoms with Crippen molar-refractivity contribution in [3.05, 3.63) is 33.0 Å². The molecule has 0 fully saturated rings. The van der Waals surface area contributed by atoms with Gasteiger partial charge in [-0.15, -0.1) is 0 Å². The van der Waals surface area contributed by atoms with E-state index in [1.165, 1.54) is 7.11 Å². The molecule has 2 rings (SSSR count). The number of rotatable bonds is 6. The van der Waals surface area contributed by atoms with Crippen molar-refractivity contribution < 1.29 is 18.8 Å². The molecule has 0 atom stereocenters. The first-order chi connectivity index (χ1) is 10.5. The third kappa shape index (κ3) is 3.87. The van der Waals surface area contributed by atoms with Gasteiger partial charge in [0.05, 0.1) is 19.8 Å². The number of benzene rings is 1. The summed E-state index contributed by atoms with van der Waals surface area (Å²) in [4.78, 5) is 16.3. The van der Waals surface area contributed by atoms with Gasteiger partial charge in [-0.05, 0) is 41.6 Å². The molecular weight excluding hydrogens is 401 g/mol. The van der Waals surface area contributed by atoms with Crippen LogP contribution in [0.2, 0.25) is 0 Å². The van der Waals surface area contributed by atoms with E-state index in [0.29, 0.717) is 41.7 Å². The second-order valence-corrected chi connectivity index (χ2v) is 5.59. The summed E-state index contributed by atoms with van der Waals surface area (Å²) >= 11 is 2.09. The van der Waals surface area contributed by atoms with Crippen LogP contribution in [0.5, 0.6) is 11.5 Å². The van der Waals surface area contributed by atoms with Crippen LogP contribution in [0.1, 0.15) is 22.1 Å². The number of aryl methyl sites for hydroxylation is 1. The van der Waals surface area contributed by atoms with E-state index in [1.807, 2.05) is 0 Å². The molecule has 1 aromatic heterocycles. The van der Waals surface area contributed by atoms with E-state index in [-0.39, 0.29) is 5.91 Å². The summed E-state index contributed by atoms with van der Waals surface area (Å²) < 4.78 is 16.2. The number of nitrogens with zero attached hydrogens (tertiary/aromatic N) is 2. The van der Waals surface area contributed by atoms with E-state index in [0.717, 1.165) is 3.57 Å². The highest BCUT2D eigenvalue weighted by Crippen LogP contribution is 2.31. The topological polar surface area (TPSA) is 86.5 Å². The molecule has 1 aromatic carbocycles. The quantitative estimate of drug-likeness (QED) is 0.724. The number of nitrogens with one attached hydrogen (secondary N) is 1. The molecule has 1 N–H and O–H groups in total. The maximum Gasteiger partial charge on any atom is 0.252 e. The molecule has 0 aliphatic rings. The van der Waals surface area contributed by atoms with Gasteiger partial charge in [-0.2, -0.15) is 4.98 Å². The first-order valence-electron chi connectivity index (χ1n) is 6.54. The molecule has 0 unspecified atom stereocenters. The lowest BCUT2D eigenvalue weighted by atomic mass is 10.2. The maximum absolute atomic E-state index is 12.2. The number of carbonyl (C=O) groups is 1. The molecule has 1 heterocycles. The van der Waals surface area contributed by atoms with Crippen LogP contribution in [-0.4, -0.2) is 36.8 Å². The van der Waals surface area contributed by atoms with Gasteiger partial charge in [-0.25, -0.2) is 0 Å². The summed E-state index contributed by atoms with van der Waals surface area (Å²) in [5.41, 5.74) is 0.528. The van der Waals surface area contributed by atoms with E-state index < -0.39 is 0 Å². The second kappa shape index (κ2) is 7.43. The predicted octanol–water partition coefficient (Wildman–Crippen LogP) is 1.97. The summed E-state index contributed by atoms with van der Waals surface area (Å²) in [5, 5.41) is 6.52. The van der Waals surface area contributed by atoms with Crippen LogP contribution in [0.15, 0.2) is 16.7 Å². The lowest BCUT2D eigenvalue weighted by Crippen LogP contribution is -2.26. The number of carbonyl (C=O) groups excluding carboxylic acids is 1. The third-order valence-electron chi connectivity index (χ3n) is 2.91. The van der Waals surface area contributed by atoms with Gasteiger partial charge in [0.1, 0.15) is 0 Å². The Bertz CT molecular complexity index is 672. The van der Waals surface area contributed by atoms with Crippen LogP contribution in [0, 0.1) is 10.5 Å². The van der Waals surface area contributed by atoms with Gasteiger partial charge in [0, 0.05) is 16.5 Å². The zero-order valence-corrected chi connectivity index (χ0v) is 14.6. The molecule has 0 aliphatic heterocycles. The molecule has 0 saturated carbocycles. The van der Waals surface area contributed by atoms with Gasteiger partial charge in [0.25, 0.3) is 5.91 Å². The van der Waals surface area contributed by atoms with Crippen molar-refractivity contribution in [3.63, 3.8) is 0 Å². The van der Waals surface area contributed by atoms with Crippen molar-refractivity contribution in [3.8, 4) is 11.5 Å². The maximum atomic E-state index is 12.2. The minimum atomic E-state index is -0.193. The van der Waals surface area contributed by atoms with Crippen LogP contribution in [0.25, 0.3) is 0 Å². The molecule has 2 aromatic rings. The van der Waals surface area contributed by atoms with Gasteiger partial charge in [0.2, 0.25) is 5.89 Å². The smallest absolute Gasteiger partial charge is 0.252 e. The largest absolute Gasteiger partial charge is 0.493 e. The Labute approximate surface area is 141 Å². The van der Waals surface area contributed by atoms with Crippen molar-refractivity contribution >= 4 is 28.5 Å².